The summed E-state index contributed by atoms with van der Waals surface area (Å²) in [4.78, 5) is 24.6. The number of anilines is 1. The van der Waals surface area contributed by atoms with E-state index in [2.05, 4.69) is 9.40 Å². The van der Waals surface area contributed by atoms with Gasteiger partial charge in [0.05, 0.1) is 10.9 Å². The first kappa shape index (κ1) is 8.55. The smallest absolute Gasteiger partial charge is 0.399 e. The molecular weight excluding hydrogens is 184 g/mol. The van der Waals surface area contributed by atoms with E-state index in [0.717, 1.165) is 5.56 Å². The molecule has 2 aromatic rings. The van der Waals surface area contributed by atoms with Crippen molar-refractivity contribution in [2.24, 2.45) is 0 Å². The first-order chi connectivity index (χ1) is 6.58. The van der Waals surface area contributed by atoms with Crippen molar-refractivity contribution in [2.75, 3.05) is 5.73 Å². The maximum absolute atomic E-state index is 11.3. The fourth-order valence-electron chi connectivity index (χ4n) is 1.41. The van der Waals surface area contributed by atoms with E-state index in [-0.39, 0.29) is 0 Å². The standard InChI is InChI=1S/C9H8N2O3/c1-4-2-5(10)3-6-7(4)11-9(13)14-8(6)12/h2-3H,10H2,1H3,(H,11,13). The van der Waals surface area contributed by atoms with Crippen LogP contribution in [0.2, 0.25) is 0 Å². The number of benzene rings is 1. The summed E-state index contributed by atoms with van der Waals surface area (Å²) in [6.07, 6.45) is 0. The quantitative estimate of drug-likeness (QED) is 0.590. The third-order valence-electron chi connectivity index (χ3n) is 1.99. The van der Waals surface area contributed by atoms with E-state index < -0.39 is 11.4 Å². The Hall–Kier alpha value is -2.04. The number of H-pyrrole nitrogens is 1. The number of fused-ring (bicyclic) bond motifs is 1. The van der Waals surface area contributed by atoms with Gasteiger partial charge in [-0.15, -0.1) is 0 Å². The summed E-state index contributed by atoms with van der Waals surface area (Å²) in [5.74, 6) is -0.754. The van der Waals surface area contributed by atoms with Crippen molar-refractivity contribution >= 4 is 16.6 Å². The maximum atomic E-state index is 11.3. The minimum absolute atomic E-state index is 0.294. The highest BCUT2D eigenvalue weighted by atomic mass is 16.4. The second-order valence-electron chi connectivity index (χ2n) is 3.06. The number of aryl methyl sites for hydroxylation is 1. The molecule has 0 unspecified atom stereocenters. The Kier molecular flexibility index (Phi) is 1.67. The number of nitrogen functional groups attached to an aromatic ring is 1. The third-order valence-corrected chi connectivity index (χ3v) is 1.99. The highest BCUT2D eigenvalue weighted by Gasteiger charge is 2.05. The number of hydrogen-bond acceptors (Lipinski definition) is 4. The molecule has 0 spiro atoms. The van der Waals surface area contributed by atoms with Gasteiger partial charge in [-0.2, -0.15) is 0 Å². The molecule has 5 nitrogen and oxygen atoms in total. The van der Waals surface area contributed by atoms with Crippen LogP contribution in [0.25, 0.3) is 10.9 Å². The average Bonchev–Trinajstić information content (AvgIpc) is 2.07. The number of aromatic nitrogens is 1. The number of aromatic amines is 1. The summed E-state index contributed by atoms with van der Waals surface area (Å²) in [6.45, 7) is 1.76. The van der Waals surface area contributed by atoms with Crippen LogP contribution in [0, 0.1) is 6.92 Å². The van der Waals surface area contributed by atoms with E-state index in [0.29, 0.717) is 16.6 Å². The lowest BCUT2D eigenvalue weighted by molar-refractivity contribution is 0.460. The van der Waals surface area contributed by atoms with E-state index in [4.69, 9.17) is 5.73 Å². The van der Waals surface area contributed by atoms with Crippen LogP contribution in [0.5, 0.6) is 0 Å². The average molecular weight is 192 g/mol. The predicted octanol–water partition coefficient (Wildman–Crippen LogP) is 0.372. The van der Waals surface area contributed by atoms with Crippen molar-refractivity contribution in [3.63, 3.8) is 0 Å². The first-order valence-electron chi connectivity index (χ1n) is 4.01. The molecule has 0 fully saturated rings. The molecule has 14 heavy (non-hydrogen) atoms. The Bertz CT molecular complexity index is 609. The molecule has 0 amide bonds. The lowest BCUT2D eigenvalue weighted by Crippen LogP contribution is -2.15. The van der Waals surface area contributed by atoms with Crippen molar-refractivity contribution in [1.82, 2.24) is 4.98 Å². The Labute approximate surface area is 78.2 Å². The Balaban J connectivity index is 3.10. The molecule has 5 heteroatoms. The predicted molar refractivity (Wildman–Crippen MR) is 52.3 cm³/mol. The van der Waals surface area contributed by atoms with Crippen molar-refractivity contribution in [3.05, 3.63) is 38.7 Å². The van der Waals surface area contributed by atoms with E-state index in [1.165, 1.54) is 6.07 Å². The van der Waals surface area contributed by atoms with Gasteiger partial charge < -0.3 is 10.2 Å². The van der Waals surface area contributed by atoms with Gasteiger partial charge in [-0.25, -0.2) is 9.59 Å². The van der Waals surface area contributed by atoms with Gasteiger partial charge in [0.1, 0.15) is 0 Å². The molecule has 72 valence electrons. The van der Waals surface area contributed by atoms with Crippen LogP contribution in [0.15, 0.2) is 26.1 Å². The monoisotopic (exact) mass is 192 g/mol. The number of rotatable bonds is 0. The zero-order chi connectivity index (χ0) is 10.3. The summed E-state index contributed by atoms with van der Waals surface area (Å²) < 4.78 is 4.38. The van der Waals surface area contributed by atoms with Crippen LogP contribution in [-0.2, 0) is 0 Å². The van der Waals surface area contributed by atoms with Crippen molar-refractivity contribution in [1.29, 1.82) is 0 Å². The molecular formula is C9H8N2O3. The molecule has 0 radical (unpaired) electrons. The number of hydrogen-bond donors (Lipinski definition) is 2. The largest absolute Gasteiger partial charge is 0.419 e. The molecule has 0 aliphatic rings. The Morgan fingerprint density at radius 3 is 2.79 bits per heavy atom. The van der Waals surface area contributed by atoms with E-state index in [1.807, 2.05) is 0 Å². The zero-order valence-corrected chi connectivity index (χ0v) is 7.46. The summed E-state index contributed by atoms with van der Waals surface area (Å²) in [6, 6.07) is 3.15. The minimum Gasteiger partial charge on any atom is -0.399 e. The fraction of sp³-hybridized carbons (Fsp3) is 0.111. The first-order valence-corrected chi connectivity index (χ1v) is 4.01. The molecule has 0 bridgehead atoms. The molecule has 0 saturated heterocycles. The summed E-state index contributed by atoms with van der Waals surface area (Å²) in [5, 5.41) is 0.294. The van der Waals surface area contributed by atoms with Gasteiger partial charge in [-0.1, -0.05) is 0 Å². The molecule has 0 aliphatic carbocycles. The molecule has 2 rings (SSSR count). The maximum Gasteiger partial charge on any atom is 0.419 e. The van der Waals surface area contributed by atoms with Crippen LogP contribution in [0.3, 0.4) is 0 Å². The van der Waals surface area contributed by atoms with Crippen LogP contribution >= 0.6 is 0 Å². The second kappa shape index (κ2) is 2.73. The van der Waals surface area contributed by atoms with Crippen LogP contribution < -0.4 is 17.1 Å². The van der Waals surface area contributed by atoms with Gasteiger partial charge in [-0.3, -0.25) is 4.98 Å². The molecule has 1 aromatic heterocycles. The Morgan fingerprint density at radius 2 is 2.07 bits per heavy atom. The number of nitrogens with one attached hydrogen (secondary N) is 1. The van der Waals surface area contributed by atoms with Gasteiger partial charge in [0.25, 0.3) is 0 Å². The third kappa shape index (κ3) is 1.19. The normalized spacial score (nSPS) is 10.6. The molecule has 3 N–H and O–H groups in total. The van der Waals surface area contributed by atoms with Crippen LogP contribution in [0.1, 0.15) is 5.56 Å². The zero-order valence-electron chi connectivity index (χ0n) is 7.46. The topological polar surface area (TPSA) is 89.1 Å². The van der Waals surface area contributed by atoms with Gasteiger partial charge in [-0.05, 0) is 24.6 Å². The van der Waals surface area contributed by atoms with Gasteiger partial charge in [0.2, 0.25) is 0 Å². The lowest BCUT2D eigenvalue weighted by atomic mass is 10.1. The molecule has 1 heterocycles. The molecule has 0 atom stereocenters. The highest BCUT2D eigenvalue weighted by molar-refractivity contribution is 5.83. The second-order valence-corrected chi connectivity index (χ2v) is 3.06. The SMILES string of the molecule is Cc1cc(N)cc2c(=O)oc(=O)[nH]c12. The van der Waals surface area contributed by atoms with Crippen molar-refractivity contribution in [3.8, 4) is 0 Å². The summed E-state index contributed by atoms with van der Waals surface area (Å²) >= 11 is 0. The van der Waals surface area contributed by atoms with E-state index >= 15 is 0 Å². The van der Waals surface area contributed by atoms with Crippen LogP contribution in [0.4, 0.5) is 5.69 Å². The fourth-order valence-corrected chi connectivity index (χ4v) is 1.41. The lowest BCUT2D eigenvalue weighted by Gasteiger charge is -2.01. The van der Waals surface area contributed by atoms with Crippen molar-refractivity contribution in [2.45, 2.75) is 6.92 Å². The molecule has 0 saturated carbocycles. The Morgan fingerprint density at radius 1 is 1.36 bits per heavy atom. The summed E-state index contributed by atoms with van der Waals surface area (Å²) in [7, 11) is 0. The molecule has 1 aromatic carbocycles. The minimum atomic E-state index is -0.754. The van der Waals surface area contributed by atoms with Crippen LogP contribution in [-0.4, -0.2) is 4.98 Å². The molecule has 0 aliphatic heterocycles. The summed E-state index contributed by atoms with van der Waals surface area (Å²) in [5.41, 5.74) is 6.57. The van der Waals surface area contributed by atoms with Gasteiger partial charge >= 0.3 is 11.4 Å². The van der Waals surface area contributed by atoms with E-state index in [9.17, 15) is 9.59 Å². The van der Waals surface area contributed by atoms with E-state index in [1.54, 1.807) is 13.0 Å². The number of nitrogens with two attached hydrogens (primary N) is 1. The van der Waals surface area contributed by atoms with Gasteiger partial charge in [0, 0.05) is 5.69 Å². The van der Waals surface area contributed by atoms with Gasteiger partial charge in [0.15, 0.2) is 0 Å². The highest BCUT2D eigenvalue weighted by Crippen LogP contribution is 2.15. The van der Waals surface area contributed by atoms with Crippen molar-refractivity contribution < 1.29 is 4.42 Å².